The molecule has 0 aromatic heterocycles. The maximum atomic E-state index is 5.06. The number of unbranched alkanes of at least 4 members (excludes halogenated alkanes) is 1. The molecule has 0 N–H and O–H groups in total. The first kappa shape index (κ1) is 10.5. The molecule has 0 unspecified atom stereocenters. The van der Waals surface area contributed by atoms with Crippen molar-refractivity contribution >= 4 is 6.21 Å². The normalized spacial score (nSPS) is 10.3. The highest BCUT2D eigenvalue weighted by Crippen LogP contribution is 1.95. The molecule has 0 amide bonds. The minimum absolute atomic E-state index is 0.648. The quantitative estimate of drug-likeness (QED) is 0.292. The van der Waals surface area contributed by atoms with Crippen molar-refractivity contribution in [1.29, 1.82) is 0 Å². The number of oxime groups is 1. The van der Waals surface area contributed by atoms with Gasteiger partial charge in [-0.15, -0.1) is 6.58 Å². The molecule has 0 atom stereocenters. The topological polar surface area (TPSA) is 21.6 Å². The van der Waals surface area contributed by atoms with E-state index in [0.29, 0.717) is 6.61 Å². The Bertz CT molecular complexity index is 280. The van der Waals surface area contributed by atoms with Crippen LogP contribution in [0.1, 0.15) is 18.4 Å². The van der Waals surface area contributed by atoms with Gasteiger partial charge in [-0.05, 0) is 18.4 Å². The largest absolute Gasteiger partial charge is 0.396 e. The summed E-state index contributed by atoms with van der Waals surface area (Å²) in [6.45, 7) is 4.28. The third-order valence-electron chi connectivity index (χ3n) is 1.72. The molecular weight excluding hydrogens is 174 g/mol. The summed E-state index contributed by atoms with van der Waals surface area (Å²) in [5, 5.41) is 3.85. The third-order valence-corrected chi connectivity index (χ3v) is 1.72. The van der Waals surface area contributed by atoms with Crippen LogP contribution >= 0.6 is 0 Å². The minimum Gasteiger partial charge on any atom is -0.396 e. The van der Waals surface area contributed by atoms with Gasteiger partial charge in [0.15, 0.2) is 0 Å². The van der Waals surface area contributed by atoms with Gasteiger partial charge in [0.25, 0.3) is 0 Å². The van der Waals surface area contributed by atoms with Crippen molar-refractivity contribution in [3.05, 3.63) is 48.6 Å². The van der Waals surface area contributed by atoms with E-state index < -0.39 is 0 Å². The van der Waals surface area contributed by atoms with Crippen LogP contribution in [-0.4, -0.2) is 12.8 Å². The van der Waals surface area contributed by atoms with E-state index in [2.05, 4.69) is 11.7 Å². The first-order valence-corrected chi connectivity index (χ1v) is 4.75. The van der Waals surface area contributed by atoms with Crippen LogP contribution in [0.4, 0.5) is 0 Å². The summed E-state index contributed by atoms with van der Waals surface area (Å²) in [7, 11) is 0. The second kappa shape index (κ2) is 6.89. The molecule has 0 saturated heterocycles. The van der Waals surface area contributed by atoms with Crippen molar-refractivity contribution in [3.63, 3.8) is 0 Å². The molecule has 0 fully saturated rings. The maximum absolute atomic E-state index is 5.06. The smallest absolute Gasteiger partial charge is 0.117 e. The van der Waals surface area contributed by atoms with Crippen molar-refractivity contribution in [1.82, 2.24) is 0 Å². The monoisotopic (exact) mass is 189 g/mol. The number of hydrogen-bond donors (Lipinski definition) is 0. The van der Waals surface area contributed by atoms with Gasteiger partial charge in [-0.25, -0.2) is 0 Å². The van der Waals surface area contributed by atoms with Crippen LogP contribution in [0.25, 0.3) is 0 Å². The summed E-state index contributed by atoms with van der Waals surface area (Å²) < 4.78 is 0. The lowest BCUT2D eigenvalue weighted by atomic mass is 10.2. The number of hydrogen-bond acceptors (Lipinski definition) is 2. The average molecular weight is 189 g/mol. The first-order chi connectivity index (χ1) is 6.93. The fraction of sp³-hybridized carbons (Fsp3) is 0.250. The molecular formula is C12H15NO. The molecule has 0 radical (unpaired) electrons. The van der Waals surface area contributed by atoms with Crippen LogP contribution in [0.15, 0.2) is 48.1 Å². The Morgan fingerprint density at radius 1 is 1.29 bits per heavy atom. The van der Waals surface area contributed by atoms with Crippen LogP contribution in [0, 0.1) is 0 Å². The maximum Gasteiger partial charge on any atom is 0.117 e. The Balaban J connectivity index is 2.18. The minimum atomic E-state index is 0.648. The van der Waals surface area contributed by atoms with Gasteiger partial charge >= 0.3 is 0 Å². The molecule has 2 nitrogen and oxygen atoms in total. The van der Waals surface area contributed by atoms with Gasteiger partial charge < -0.3 is 4.84 Å². The molecule has 14 heavy (non-hydrogen) atoms. The summed E-state index contributed by atoms with van der Waals surface area (Å²) in [6, 6.07) is 9.88. The predicted octanol–water partition coefficient (Wildman–Crippen LogP) is 3.00. The molecule has 2 heteroatoms. The summed E-state index contributed by atoms with van der Waals surface area (Å²) in [5.41, 5.74) is 1.05. The van der Waals surface area contributed by atoms with Crippen molar-refractivity contribution in [3.8, 4) is 0 Å². The SMILES string of the molecule is C=CCCCO/N=C/c1ccccc1. The zero-order valence-corrected chi connectivity index (χ0v) is 8.23. The highest BCUT2D eigenvalue weighted by Gasteiger charge is 1.85. The molecule has 1 rings (SSSR count). The van der Waals surface area contributed by atoms with Gasteiger partial charge in [-0.1, -0.05) is 41.6 Å². The van der Waals surface area contributed by atoms with E-state index in [9.17, 15) is 0 Å². The van der Waals surface area contributed by atoms with Gasteiger partial charge in [-0.3, -0.25) is 0 Å². The van der Waals surface area contributed by atoms with E-state index in [4.69, 9.17) is 4.84 Å². The Hall–Kier alpha value is -1.57. The summed E-state index contributed by atoms with van der Waals surface area (Å²) in [4.78, 5) is 5.06. The Labute approximate surface area is 84.9 Å². The van der Waals surface area contributed by atoms with Crippen LogP contribution in [0.2, 0.25) is 0 Å². The van der Waals surface area contributed by atoms with Gasteiger partial charge in [0.2, 0.25) is 0 Å². The molecule has 0 aliphatic carbocycles. The lowest BCUT2D eigenvalue weighted by Crippen LogP contribution is -1.88. The van der Waals surface area contributed by atoms with Crippen LogP contribution in [0.3, 0.4) is 0 Å². The number of benzene rings is 1. The summed E-state index contributed by atoms with van der Waals surface area (Å²) in [6.07, 6.45) is 5.54. The predicted molar refractivity (Wildman–Crippen MR) is 59.4 cm³/mol. The molecule has 0 heterocycles. The highest BCUT2D eigenvalue weighted by atomic mass is 16.6. The van der Waals surface area contributed by atoms with Crippen LogP contribution in [-0.2, 0) is 4.84 Å². The zero-order valence-electron chi connectivity index (χ0n) is 8.23. The van der Waals surface area contributed by atoms with Crippen molar-refractivity contribution < 1.29 is 4.84 Å². The third kappa shape index (κ3) is 4.45. The van der Waals surface area contributed by atoms with E-state index in [1.807, 2.05) is 36.4 Å². The van der Waals surface area contributed by atoms with E-state index in [-0.39, 0.29) is 0 Å². The van der Waals surface area contributed by atoms with Crippen LogP contribution < -0.4 is 0 Å². The van der Waals surface area contributed by atoms with Gasteiger partial charge in [0.05, 0.1) is 6.21 Å². The number of allylic oxidation sites excluding steroid dienone is 1. The lowest BCUT2D eigenvalue weighted by Gasteiger charge is -1.95. The molecule has 0 saturated carbocycles. The Kier molecular flexibility index (Phi) is 5.18. The molecule has 0 spiro atoms. The molecule has 0 aliphatic heterocycles. The zero-order chi connectivity index (χ0) is 10.1. The van der Waals surface area contributed by atoms with Crippen LogP contribution in [0.5, 0.6) is 0 Å². The van der Waals surface area contributed by atoms with Crippen molar-refractivity contribution in [2.45, 2.75) is 12.8 Å². The second-order valence-corrected chi connectivity index (χ2v) is 2.91. The molecule has 1 aromatic carbocycles. The number of nitrogens with zero attached hydrogens (tertiary/aromatic N) is 1. The van der Waals surface area contributed by atoms with Crippen molar-refractivity contribution in [2.24, 2.45) is 5.16 Å². The fourth-order valence-electron chi connectivity index (χ4n) is 0.982. The standard InChI is InChI=1S/C12H15NO/c1-2-3-7-10-14-13-11-12-8-5-4-6-9-12/h2,4-6,8-9,11H,1,3,7,10H2/b13-11+. The first-order valence-electron chi connectivity index (χ1n) is 4.75. The van der Waals surface area contributed by atoms with E-state index >= 15 is 0 Å². The van der Waals surface area contributed by atoms with Gasteiger partial charge in [0, 0.05) is 0 Å². The van der Waals surface area contributed by atoms with Crippen molar-refractivity contribution in [2.75, 3.05) is 6.61 Å². The molecule has 0 bridgehead atoms. The Morgan fingerprint density at radius 3 is 2.79 bits per heavy atom. The Morgan fingerprint density at radius 2 is 2.07 bits per heavy atom. The molecule has 0 aliphatic rings. The van der Waals surface area contributed by atoms with E-state index in [1.54, 1.807) is 6.21 Å². The van der Waals surface area contributed by atoms with Gasteiger partial charge in [-0.2, -0.15) is 0 Å². The number of rotatable bonds is 6. The highest BCUT2D eigenvalue weighted by molar-refractivity contribution is 5.78. The average Bonchev–Trinajstić information content (AvgIpc) is 2.25. The van der Waals surface area contributed by atoms with E-state index in [1.165, 1.54) is 0 Å². The molecule has 74 valence electrons. The van der Waals surface area contributed by atoms with Gasteiger partial charge in [0.1, 0.15) is 6.61 Å². The molecule has 1 aromatic rings. The lowest BCUT2D eigenvalue weighted by molar-refractivity contribution is 0.144. The summed E-state index contributed by atoms with van der Waals surface area (Å²) >= 11 is 0. The summed E-state index contributed by atoms with van der Waals surface area (Å²) in [5.74, 6) is 0. The second-order valence-electron chi connectivity index (χ2n) is 2.91. The fourth-order valence-corrected chi connectivity index (χ4v) is 0.982. The van der Waals surface area contributed by atoms with E-state index in [0.717, 1.165) is 18.4 Å².